The van der Waals surface area contributed by atoms with E-state index in [9.17, 15) is 13.2 Å². The fourth-order valence-corrected chi connectivity index (χ4v) is 3.19. The molecule has 7 heteroatoms. The number of carbonyl (C=O) groups is 1. The van der Waals surface area contributed by atoms with Crippen molar-refractivity contribution in [1.82, 2.24) is 4.31 Å². The summed E-state index contributed by atoms with van der Waals surface area (Å²) in [6.07, 6.45) is 1.09. The maximum absolute atomic E-state index is 12.0. The predicted octanol–water partition coefficient (Wildman–Crippen LogP) is 2.34. The molecule has 0 atom stereocenters. The second-order valence-electron chi connectivity index (χ2n) is 5.50. The Morgan fingerprint density at radius 2 is 1.75 bits per heavy atom. The molecule has 5 nitrogen and oxygen atoms in total. The lowest BCUT2D eigenvalue weighted by Gasteiger charge is -2.32. The first-order valence-electron chi connectivity index (χ1n) is 6.03. The number of benzene rings is 1. The number of anilines is 1. The standard InChI is InChI=1S/C13H19ClN2O3S/c1-13(2,3)16(20(4,18)19)9-12(17)15-11-7-5-10(14)6-8-11/h5-8H,9H2,1-4H3,(H,15,17). The molecule has 0 aliphatic rings. The van der Waals surface area contributed by atoms with Crippen molar-refractivity contribution in [2.24, 2.45) is 0 Å². The Hall–Kier alpha value is -1.11. The predicted molar refractivity (Wildman–Crippen MR) is 81.4 cm³/mol. The topological polar surface area (TPSA) is 66.5 Å². The largest absolute Gasteiger partial charge is 0.325 e. The Morgan fingerprint density at radius 1 is 1.25 bits per heavy atom. The molecule has 0 fully saturated rings. The van der Waals surface area contributed by atoms with Crippen LogP contribution >= 0.6 is 11.6 Å². The Kier molecular flexibility index (Phi) is 5.18. The van der Waals surface area contributed by atoms with E-state index in [4.69, 9.17) is 11.6 Å². The molecule has 0 saturated heterocycles. The molecule has 20 heavy (non-hydrogen) atoms. The van der Waals surface area contributed by atoms with Crippen LogP contribution in [0.5, 0.6) is 0 Å². The van der Waals surface area contributed by atoms with E-state index < -0.39 is 21.5 Å². The molecule has 0 bridgehead atoms. The zero-order chi connectivity index (χ0) is 15.6. The minimum atomic E-state index is -3.47. The SMILES string of the molecule is CC(C)(C)N(CC(=O)Nc1ccc(Cl)cc1)S(C)(=O)=O. The fourth-order valence-electron chi connectivity index (χ4n) is 1.72. The Labute approximate surface area is 125 Å². The van der Waals surface area contributed by atoms with Crippen molar-refractivity contribution in [2.45, 2.75) is 26.3 Å². The van der Waals surface area contributed by atoms with Crippen molar-refractivity contribution in [3.05, 3.63) is 29.3 Å². The lowest BCUT2D eigenvalue weighted by atomic mass is 10.1. The summed E-state index contributed by atoms with van der Waals surface area (Å²) in [4.78, 5) is 12.0. The average molecular weight is 319 g/mol. The monoisotopic (exact) mass is 318 g/mol. The lowest BCUT2D eigenvalue weighted by Crippen LogP contribution is -2.48. The van der Waals surface area contributed by atoms with Gasteiger partial charge < -0.3 is 5.32 Å². The minimum absolute atomic E-state index is 0.231. The number of nitrogens with one attached hydrogen (secondary N) is 1. The zero-order valence-corrected chi connectivity index (χ0v) is 13.5. The zero-order valence-electron chi connectivity index (χ0n) is 12.0. The van der Waals surface area contributed by atoms with Gasteiger partial charge >= 0.3 is 0 Å². The summed E-state index contributed by atoms with van der Waals surface area (Å²) < 4.78 is 24.6. The van der Waals surface area contributed by atoms with E-state index in [0.717, 1.165) is 10.6 Å². The van der Waals surface area contributed by atoms with Crippen LogP contribution in [0.4, 0.5) is 5.69 Å². The molecule has 0 spiro atoms. The quantitative estimate of drug-likeness (QED) is 0.926. The second-order valence-corrected chi connectivity index (χ2v) is 7.84. The van der Waals surface area contributed by atoms with Gasteiger partial charge in [0.2, 0.25) is 15.9 Å². The number of halogens is 1. The minimum Gasteiger partial charge on any atom is -0.325 e. The van der Waals surface area contributed by atoms with Gasteiger partial charge in [-0.25, -0.2) is 8.42 Å². The van der Waals surface area contributed by atoms with Gasteiger partial charge in [0.05, 0.1) is 12.8 Å². The molecule has 1 aromatic carbocycles. The molecule has 0 aliphatic carbocycles. The van der Waals surface area contributed by atoms with Gasteiger partial charge in [-0.1, -0.05) is 11.6 Å². The summed E-state index contributed by atoms with van der Waals surface area (Å²) in [6.45, 7) is 4.99. The van der Waals surface area contributed by atoms with Crippen LogP contribution in [0.25, 0.3) is 0 Å². The maximum atomic E-state index is 12.0. The molecule has 0 aromatic heterocycles. The summed E-state index contributed by atoms with van der Waals surface area (Å²) in [5.41, 5.74) is -0.0907. The van der Waals surface area contributed by atoms with Crippen molar-refractivity contribution in [1.29, 1.82) is 0 Å². The van der Waals surface area contributed by atoms with Gasteiger partial charge in [-0.15, -0.1) is 0 Å². The Balaban J connectivity index is 2.80. The van der Waals surface area contributed by atoms with Crippen LogP contribution in [0.1, 0.15) is 20.8 Å². The average Bonchev–Trinajstić information content (AvgIpc) is 2.26. The number of sulfonamides is 1. The molecule has 1 N–H and O–H groups in total. The van der Waals surface area contributed by atoms with Gasteiger partial charge in [0.1, 0.15) is 0 Å². The van der Waals surface area contributed by atoms with Crippen LogP contribution < -0.4 is 5.32 Å². The van der Waals surface area contributed by atoms with Gasteiger partial charge in [-0.3, -0.25) is 4.79 Å². The first kappa shape index (κ1) is 16.9. The van der Waals surface area contributed by atoms with Gasteiger partial charge in [-0.2, -0.15) is 4.31 Å². The summed E-state index contributed by atoms with van der Waals surface area (Å²) in [7, 11) is -3.47. The van der Waals surface area contributed by atoms with Crippen molar-refractivity contribution in [2.75, 3.05) is 18.1 Å². The summed E-state index contributed by atoms with van der Waals surface area (Å²) in [6, 6.07) is 6.61. The van der Waals surface area contributed by atoms with Crippen LogP contribution in [0.15, 0.2) is 24.3 Å². The van der Waals surface area contributed by atoms with Gasteiger partial charge in [0.25, 0.3) is 0 Å². The normalized spacial score (nSPS) is 12.5. The van der Waals surface area contributed by atoms with E-state index in [1.54, 1.807) is 45.0 Å². The van der Waals surface area contributed by atoms with E-state index in [1.807, 2.05) is 0 Å². The molecular formula is C13H19ClN2O3S. The first-order chi connectivity index (χ1) is 9.00. The van der Waals surface area contributed by atoms with Crippen LogP contribution in [0.3, 0.4) is 0 Å². The van der Waals surface area contributed by atoms with Crippen LogP contribution in [0, 0.1) is 0 Å². The highest BCUT2D eigenvalue weighted by Crippen LogP contribution is 2.18. The van der Waals surface area contributed by atoms with Crippen molar-refractivity contribution >= 4 is 33.2 Å². The summed E-state index contributed by atoms with van der Waals surface area (Å²) >= 11 is 5.75. The molecule has 0 aliphatic heterocycles. The third-order valence-corrected chi connectivity index (χ3v) is 4.29. The highest BCUT2D eigenvalue weighted by Gasteiger charge is 2.31. The number of nitrogens with zero attached hydrogens (tertiary/aromatic N) is 1. The summed E-state index contributed by atoms with van der Waals surface area (Å²) in [5, 5.41) is 3.21. The highest BCUT2D eigenvalue weighted by atomic mass is 35.5. The van der Waals surface area contributed by atoms with Gasteiger partial charge in [0, 0.05) is 16.2 Å². The molecular weight excluding hydrogens is 300 g/mol. The fraction of sp³-hybridized carbons (Fsp3) is 0.462. The number of carbonyl (C=O) groups excluding carboxylic acids is 1. The molecule has 0 heterocycles. The molecule has 1 rings (SSSR count). The van der Waals surface area contributed by atoms with E-state index in [1.165, 1.54) is 0 Å². The van der Waals surface area contributed by atoms with Crippen molar-refractivity contribution in [3.63, 3.8) is 0 Å². The van der Waals surface area contributed by atoms with Crippen molar-refractivity contribution in [3.8, 4) is 0 Å². The Bertz CT molecular complexity index is 577. The third kappa shape index (κ3) is 5.11. The molecule has 112 valence electrons. The molecule has 1 amide bonds. The van der Waals surface area contributed by atoms with Gasteiger partial charge in [-0.05, 0) is 45.0 Å². The Morgan fingerprint density at radius 3 is 2.15 bits per heavy atom. The number of rotatable bonds is 4. The molecule has 0 radical (unpaired) electrons. The number of hydrogen-bond donors (Lipinski definition) is 1. The van der Waals surface area contributed by atoms with Crippen LogP contribution in [-0.2, 0) is 14.8 Å². The third-order valence-electron chi connectivity index (χ3n) is 2.56. The molecule has 0 saturated carbocycles. The van der Waals surface area contributed by atoms with E-state index in [2.05, 4.69) is 5.32 Å². The lowest BCUT2D eigenvalue weighted by molar-refractivity contribution is -0.117. The smallest absolute Gasteiger partial charge is 0.239 e. The van der Waals surface area contributed by atoms with Gasteiger partial charge in [0.15, 0.2) is 0 Å². The second kappa shape index (κ2) is 6.11. The highest BCUT2D eigenvalue weighted by molar-refractivity contribution is 7.88. The van der Waals surface area contributed by atoms with E-state index >= 15 is 0 Å². The maximum Gasteiger partial charge on any atom is 0.239 e. The summed E-state index contributed by atoms with van der Waals surface area (Å²) in [5.74, 6) is -0.396. The van der Waals surface area contributed by atoms with Crippen molar-refractivity contribution < 1.29 is 13.2 Å². The number of hydrogen-bond acceptors (Lipinski definition) is 3. The van der Waals surface area contributed by atoms with Crippen LogP contribution in [0.2, 0.25) is 5.02 Å². The van der Waals surface area contributed by atoms with E-state index in [0.29, 0.717) is 10.7 Å². The van der Waals surface area contributed by atoms with E-state index in [-0.39, 0.29) is 6.54 Å². The first-order valence-corrected chi connectivity index (χ1v) is 8.26. The number of amides is 1. The van der Waals surface area contributed by atoms with Crippen LogP contribution in [-0.4, -0.2) is 37.0 Å². The molecule has 1 aromatic rings. The molecule has 0 unspecified atom stereocenters.